The van der Waals surface area contributed by atoms with Gasteiger partial charge in [-0.05, 0) is 24.3 Å². The van der Waals surface area contributed by atoms with Crippen molar-refractivity contribution in [1.29, 1.82) is 0 Å². The summed E-state index contributed by atoms with van der Waals surface area (Å²) in [6.07, 6.45) is -3.80. The van der Waals surface area contributed by atoms with E-state index in [1.54, 1.807) is 23.0 Å². The molecule has 116 valence electrons. The molecule has 9 heteroatoms. The molecule has 22 heavy (non-hydrogen) atoms. The van der Waals surface area contributed by atoms with Gasteiger partial charge >= 0.3 is 12.1 Å². The van der Waals surface area contributed by atoms with E-state index >= 15 is 0 Å². The molecule has 1 aromatic heterocycles. The van der Waals surface area contributed by atoms with Gasteiger partial charge in [0.15, 0.2) is 0 Å². The quantitative estimate of drug-likeness (QED) is 0.931. The minimum Gasteiger partial charge on any atom is -0.352 e. The molecule has 6 nitrogen and oxygen atoms in total. The normalized spacial score (nSPS) is 13.3. The lowest BCUT2D eigenvalue weighted by Crippen LogP contribution is -2.46. The fraction of sp³-hybridized carbons (Fsp3) is 0.231. The molecule has 0 fully saturated rings. The Hall–Kier alpha value is -2.71. The number of amides is 1. The average molecular weight is 313 g/mol. The van der Waals surface area contributed by atoms with Crippen molar-refractivity contribution < 1.29 is 27.6 Å². The Bertz CT molecular complexity index is 728. The summed E-state index contributed by atoms with van der Waals surface area (Å²) in [6.45, 7) is -0.466. The topological polar surface area (TPSA) is 65.3 Å². The number of carbonyl (C=O) groups is 2. The lowest BCUT2D eigenvalue weighted by atomic mass is 10.2. The number of nitrogens with one attached hydrogen (secondary N) is 1. The maximum atomic E-state index is 12.0. The van der Waals surface area contributed by atoms with E-state index in [0.717, 1.165) is 0 Å². The molecule has 2 heterocycles. The van der Waals surface area contributed by atoms with Crippen molar-refractivity contribution >= 4 is 11.9 Å². The number of aromatic nitrogens is 2. The van der Waals surface area contributed by atoms with Gasteiger partial charge in [-0.2, -0.15) is 13.2 Å². The lowest BCUT2D eigenvalue weighted by Gasteiger charge is -2.29. The monoisotopic (exact) mass is 313 g/mol. The average Bonchev–Trinajstić information content (AvgIpc) is 2.43. The van der Waals surface area contributed by atoms with E-state index in [-0.39, 0.29) is 5.56 Å². The van der Waals surface area contributed by atoms with Crippen LogP contribution in [0.1, 0.15) is 27.3 Å². The Balaban J connectivity index is 1.61. The lowest BCUT2D eigenvalue weighted by molar-refractivity contribution is -0.133. The zero-order valence-electron chi connectivity index (χ0n) is 11.1. The van der Waals surface area contributed by atoms with Gasteiger partial charge in [0.05, 0.1) is 18.3 Å². The summed E-state index contributed by atoms with van der Waals surface area (Å²) in [6, 6.07) is 6.15. The molecule has 1 aromatic carbocycles. The number of halogens is 3. The Morgan fingerprint density at radius 1 is 1.23 bits per heavy atom. The van der Waals surface area contributed by atoms with Gasteiger partial charge in [-0.25, -0.2) is 9.48 Å². The highest BCUT2D eigenvalue weighted by Gasteiger charge is 2.33. The van der Waals surface area contributed by atoms with Crippen LogP contribution in [0, 0.1) is 0 Å². The van der Waals surface area contributed by atoms with Crippen LogP contribution in [0.15, 0.2) is 30.5 Å². The number of fused-ring (bicyclic) bond motifs is 1. The zero-order chi connectivity index (χ0) is 15.9. The predicted molar refractivity (Wildman–Crippen MR) is 67.7 cm³/mol. The standard InChI is InChI=1S/C13H10F3N3O3/c14-13(15,16)5-6-17-11(20)8-1-3-9(4-2-8)18-7-10-12(21)22-19(10)18/h1-4,7H,5-6H2,(H,17,20). The number of hydrogen-bond donors (Lipinski definition) is 1. The van der Waals surface area contributed by atoms with E-state index in [1.165, 1.54) is 17.0 Å². The second-order valence-corrected chi connectivity index (χ2v) is 4.68. The Labute approximate surface area is 122 Å². The van der Waals surface area contributed by atoms with Crippen LogP contribution >= 0.6 is 0 Å². The number of alkyl halides is 3. The van der Waals surface area contributed by atoms with E-state index < -0.39 is 31.0 Å². The van der Waals surface area contributed by atoms with Crippen molar-refractivity contribution in [2.75, 3.05) is 6.54 Å². The third-order valence-corrected chi connectivity index (χ3v) is 3.11. The second kappa shape index (κ2) is 4.93. The Kier molecular flexibility index (Phi) is 3.19. The van der Waals surface area contributed by atoms with Crippen molar-refractivity contribution in [3.05, 3.63) is 41.7 Å². The highest BCUT2D eigenvalue weighted by Crippen LogP contribution is 2.20. The molecule has 1 amide bonds. The van der Waals surface area contributed by atoms with Crippen LogP contribution in [-0.2, 0) is 0 Å². The highest BCUT2D eigenvalue weighted by atomic mass is 19.4. The number of carbonyl (C=O) groups excluding carboxylic acids is 2. The molecular formula is C13H10F3N3O3. The number of rotatable bonds is 4. The van der Waals surface area contributed by atoms with Gasteiger partial charge in [-0.1, -0.05) is 4.85 Å². The second-order valence-electron chi connectivity index (χ2n) is 4.68. The fourth-order valence-electron chi connectivity index (χ4n) is 1.95. The van der Waals surface area contributed by atoms with Gasteiger partial charge in [-0.15, -0.1) is 0 Å². The largest absolute Gasteiger partial charge is 0.390 e. The van der Waals surface area contributed by atoms with E-state index in [2.05, 4.69) is 5.32 Å². The maximum Gasteiger partial charge on any atom is 0.390 e. The van der Waals surface area contributed by atoms with E-state index in [0.29, 0.717) is 11.4 Å². The Morgan fingerprint density at radius 2 is 1.91 bits per heavy atom. The molecule has 1 aliphatic rings. The molecule has 0 bridgehead atoms. The molecule has 2 aromatic rings. The van der Waals surface area contributed by atoms with E-state index in [9.17, 15) is 22.8 Å². The first-order valence-corrected chi connectivity index (χ1v) is 6.33. The molecule has 0 saturated heterocycles. The van der Waals surface area contributed by atoms with Gasteiger partial charge < -0.3 is 10.2 Å². The van der Waals surface area contributed by atoms with Crippen LogP contribution in [0.3, 0.4) is 0 Å². The van der Waals surface area contributed by atoms with Gasteiger partial charge in [-0.3, -0.25) is 4.79 Å². The van der Waals surface area contributed by atoms with Crippen LogP contribution in [0.5, 0.6) is 0 Å². The third-order valence-electron chi connectivity index (χ3n) is 3.11. The fourth-order valence-corrected chi connectivity index (χ4v) is 1.95. The molecule has 1 aliphatic heterocycles. The van der Waals surface area contributed by atoms with Crippen molar-refractivity contribution in [3.63, 3.8) is 0 Å². The minimum absolute atomic E-state index is 0.247. The molecule has 0 unspecified atom stereocenters. The maximum absolute atomic E-state index is 12.0. The smallest absolute Gasteiger partial charge is 0.352 e. The molecule has 0 spiro atoms. The molecule has 0 atom stereocenters. The molecule has 0 aliphatic carbocycles. The number of hydrogen-bond acceptors (Lipinski definition) is 3. The van der Waals surface area contributed by atoms with Gasteiger partial charge in [0, 0.05) is 12.1 Å². The Morgan fingerprint density at radius 3 is 2.41 bits per heavy atom. The molecule has 1 N–H and O–H groups in total. The van der Waals surface area contributed by atoms with Crippen LogP contribution in [0.4, 0.5) is 13.2 Å². The summed E-state index contributed by atoms with van der Waals surface area (Å²) < 4.78 is 37.5. The minimum atomic E-state index is -4.30. The molecule has 0 radical (unpaired) electrons. The van der Waals surface area contributed by atoms with Gasteiger partial charge in [0.25, 0.3) is 5.91 Å². The number of nitrogens with zero attached hydrogens (tertiary/aromatic N) is 2. The van der Waals surface area contributed by atoms with Crippen LogP contribution in [-0.4, -0.2) is 34.1 Å². The van der Waals surface area contributed by atoms with Crippen LogP contribution in [0.25, 0.3) is 5.69 Å². The SMILES string of the molecule is O=C(NCCC(F)(F)F)c1ccc(-n2cc3n2OC3=O)cc1. The van der Waals surface area contributed by atoms with E-state index in [4.69, 9.17) is 4.84 Å². The summed E-state index contributed by atoms with van der Waals surface area (Å²) in [5.41, 5.74) is 1.34. The summed E-state index contributed by atoms with van der Waals surface area (Å²) in [5, 5.41) is 2.20. The van der Waals surface area contributed by atoms with Crippen molar-refractivity contribution in [2.45, 2.75) is 12.6 Å². The van der Waals surface area contributed by atoms with Crippen molar-refractivity contribution in [1.82, 2.24) is 14.8 Å². The first-order chi connectivity index (χ1) is 10.3. The van der Waals surface area contributed by atoms with Crippen LogP contribution < -0.4 is 10.2 Å². The third kappa shape index (κ3) is 2.57. The van der Waals surface area contributed by atoms with Crippen LogP contribution in [0.2, 0.25) is 0 Å². The molecular weight excluding hydrogens is 303 g/mol. The van der Waals surface area contributed by atoms with E-state index in [1.807, 2.05) is 0 Å². The summed E-state index contributed by atoms with van der Waals surface area (Å²) >= 11 is 0. The number of benzene rings is 1. The summed E-state index contributed by atoms with van der Waals surface area (Å²) in [7, 11) is 0. The van der Waals surface area contributed by atoms with Gasteiger partial charge in [0.1, 0.15) is 0 Å². The van der Waals surface area contributed by atoms with Gasteiger partial charge in [0.2, 0.25) is 5.69 Å². The van der Waals surface area contributed by atoms with Crippen molar-refractivity contribution in [2.24, 2.45) is 0 Å². The first kappa shape index (κ1) is 14.2. The zero-order valence-corrected chi connectivity index (χ0v) is 11.1. The summed E-state index contributed by atoms with van der Waals surface area (Å²) in [4.78, 5) is 28.6. The first-order valence-electron chi connectivity index (χ1n) is 6.33. The highest BCUT2D eigenvalue weighted by molar-refractivity contribution is 5.94. The predicted octanol–water partition coefficient (Wildman–Crippen LogP) is 1.54. The molecule has 3 rings (SSSR count). The molecule has 0 saturated carbocycles. The van der Waals surface area contributed by atoms with Crippen molar-refractivity contribution in [3.8, 4) is 5.69 Å². The summed E-state index contributed by atoms with van der Waals surface area (Å²) in [5.74, 6) is -0.983.